The molecule has 3 rings (SSSR count). The fourth-order valence-corrected chi connectivity index (χ4v) is 4.03. The van der Waals surface area contributed by atoms with E-state index in [4.69, 9.17) is 5.73 Å². The average molecular weight is 301 g/mol. The highest BCUT2D eigenvalue weighted by atomic mass is 32.1. The summed E-state index contributed by atoms with van der Waals surface area (Å²) in [6.07, 6.45) is 0. The molecule has 21 heavy (non-hydrogen) atoms. The number of aryl methyl sites for hydroxylation is 1. The molecule has 1 aromatic heterocycles. The van der Waals surface area contributed by atoms with Crippen molar-refractivity contribution in [3.05, 3.63) is 52.2 Å². The van der Waals surface area contributed by atoms with Crippen LogP contribution in [-0.4, -0.2) is 37.6 Å². The lowest BCUT2D eigenvalue weighted by Gasteiger charge is -2.39. The van der Waals surface area contributed by atoms with Gasteiger partial charge in [-0.2, -0.15) is 0 Å². The molecule has 0 saturated carbocycles. The first-order valence-electron chi connectivity index (χ1n) is 7.58. The molecule has 1 aliphatic heterocycles. The molecule has 2 N–H and O–H groups in total. The second-order valence-corrected chi connectivity index (χ2v) is 6.88. The van der Waals surface area contributed by atoms with Crippen molar-refractivity contribution >= 4 is 17.0 Å². The molecule has 0 bridgehead atoms. The van der Waals surface area contributed by atoms with Crippen molar-refractivity contribution in [3.8, 4) is 0 Å². The van der Waals surface area contributed by atoms with Crippen LogP contribution in [0.4, 0.5) is 5.69 Å². The van der Waals surface area contributed by atoms with Gasteiger partial charge in [0.1, 0.15) is 0 Å². The van der Waals surface area contributed by atoms with Gasteiger partial charge in [0.15, 0.2) is 0 Å². The highest BCUT2D eigenvalue weighted by Gasteiger charge is 2.25. The molecular formula is C17H23N3S. The Kier molecular flexibility index (Phi) is 4.58. The summed E-state index contributed by atoms with van der Waals surface area (Å²) in [4.78, 5) is 7.77. The van der Waals surface area contributed by atoms with E-state index in [1.54, 1.807) is 0 Å². The second kappa shape index (κ2) is 6.60. The van der Waals surface area contributed by atoms with Crippen LogP contribution in [0.1, 0.15) is 15.8 Å². The van der Waals surface area contributed by atoms with Crippen LogP contribution in [0.15, 0.2) is 42.5 Å². The van der Waals surface area contributed by atoms with Gasteiger partial charge in [0.25, 0.3) is 0 Å². The Bertz CT molecular complexity index is 558. The van der Waals surface area contributed by atoms with E-state index in [2.05, 4.69) is 59.2 Å². The van der Waals surface area contributed by atoms with Crippen molar-refractivity contribution in [2.45, 2.75) is 13.0 Å². The number of anilines is 1. The summed E-state index contributed by atoms with van der Waals surface area (Å²) >= 11 is 1.88. The zero-order chi connectivity index (χ0) is 14.7. The summed E-state index contributed by atoms with van der Waals surface area (Å²) in [5.74, 6) is 0. The normalized spacial score (nSPS) is 17.9. The Labute approximate surface area is 131 Å². The number of rotatable bonds is 4. The molecule has 0 aliphatic carbocycles. The Hall–Kier alpha value is -1.36. The van der Waals surface area contributed by atoms with Gasteiger partial charge in [-0.05, 0) is 31.2 Å². The highest BCUT2D eigenvalue weighted by Crippen LogP contribution is 2.28. The molecule has 1 aliphatic rings. The number of piperazine rings is 1. The molecule has 0 radical (unpaired) electrons. The smallest absolute Gasteiger partial charge is 0.0565 e. The Morgan fingerprint density at radius 3 is 2.33 bits per heavy atom. The molecule has 3 nitrogen and oxygen atoms in total. The second-order valence-electron chi connectivity index (χ2n) is 5.56. The Morgan fingerprint density at radius 1 is 1.05 bits per heavy atom. The number of para-hydroxylation sites is 1. The van der Waals surface area contributed by atoms with Gasteiger partial charge in [-0.3, -0.25) is 4.90 Å². The zero-order valence-electron chi connectivity index (χ0n) is 12.5. The van der Waals surface area contributed by atoms with E-state index in [1.807, 2.05) is 11.3 Å². The van der Waals surface area contributed by atoms with Gasteiger partial charge in [0.2, 0.25) is 0 Å². The van der Waals surface area contributed by atoms with Crippen LogP contribution in [0.5, 0.6) is 0 Å². The third-order valence-corrected chi connectivity index (χ3v) is 5.29. The average Bonchev–Trinajstić information content (AvgIpc) is 2.96. The maximum atomic E-state index is 6.04. The van der Waals surface area contributed by atoms with Crippen LogP contribution >= 0.6 is 11.3 Å². The van der Waals surface area contributed by atoms with Gasteiger partial charge >= 0.3 is 0 Å². The first-order valence-corrected chi connectivity index (χ1v) is 8.40. The zero-order valence-corrected chi connectivity index (χ0v) is 13.4. The van der Waals surface area contributed by atoms with Crippen LogP contribution in [0.25, 0.3) is 0 Å². The predicted molar refractivity (Wildman–Crippen MR) is 91.1 cm³/mol. The standard InChI is InChI=1S/C17H23N3S/c1-14-7-8-17(21-14)16(13-18)20-11-9-19(10-12-20)15-5-3-2-4-6-15/h2-8,16H,9-13,18H2,1H3. The molecule has 2 aromatic rings. The van der Waals surface area contributed by atoms with E-state index in [-0.39, 0.29) is 0 Å². The van der Waals surface area contributed by atoms with Crippen molar-refractivity contribution in [1.29, 1.82) is 0 Å². The summed E-state index contributed by atoms with van der Waals surface area (Å²) in [5.41, 5.74) is 7.37. The Balaban J connectivity index is 1.64. The van der Waals surface area contributed by atoms with Crippen LogP contribution in [0, 0.1) is 6.92 Å². The molecule has 1 unspecified atom stereocenters. The molecule has 1 atom stereocenters. The lowest BCUT2D eigenvalue weighted by Crippen LogP contribution is -2.49. The minimum Gasteiger partial charge on any atom is -0.369 e. The third kappa shape index (κ3) is 3.28. The molecule has 2 heterocycles. The summed E-state index contributed by atoms with van der Waals surface area (Å²) in [5, 5.41) is 0. The summed E-state index contributed by atoms with van der Waals surface area (Å²) in [7, 11) is 0. The quantitative estimate of drug-likeness (QED) is 0.942. The molecule has 0 amide bonds. The van der Waals surface area contributed by atoms with E-state index in [0.717, 1.165) is 26.2 Å². The number of thiophene rings is 1. The maximum absolute atomic E-state index is 6.04. The fraction of sp³-hybridized carbons (Fsp3) is 0.412. The number of nitrogens with two attached hydrogens (primary N) is 1. The molecule has 1 aromatic carbocycles. The number of nitrogens with zero attached hydrogens (tertiary/aromatic N) is 2. The maximum Gasteiger partial charge on any atom is 0.0565 e. The molecule has 1 fully saturated rings. The predicted octanol–water partition coefficient (Wildman–Crippen LogP) is 2.88. The van der Waals surface area contributed by atoms with Gasteiger partial charge in [0, 0.05) is 48.2 Å². The van der Waals surface area contributed by atoms with Crippen molar-refractivity contribution < 1.29 is 0 Å². The molecule has 0 spiro atoms. The van der Waals surface area contributed by atoms with Crippen LogP contribution < -0.4 is 10.6 Å². The van der Waals surface area contributed by atoms with E-state index >= 15 is 0 Å². The lowest BCUT2D eigenvalue weighted by molar-refractivity contribution is 0.193. The molecule has 112 valence electrons. The topological polar surface area (TPSA) is 32.5 Å². The summed E-state index contributed by atoms with van der Waals surface area (Å²) in [6, 6.07) is 15.5. The van der Waals surface area contributed by atoms with Gasteiger partial charge < -0.3 is 10.6 Å². The van der Waals surface area contributed by atoms with Gasteiger partial charge in [0.05, 0.1) is 6.04 Å². The number of hydrogen-bond donors (Lipinski definition) is 1. The summed E-state index contributed by atoms with van der Waals surface area (Å²) in [6.45, 7) is 7.16. The first kappa shape index (κ1) is 14.6. The molecule has 1 saturated heterocycles. The van der Waals surface area contributed by atoms with Crippen LogP contribution in [0.2, 0.25) is 0 Å². The lowest BCUT2D eigenvalue weighted by atomic mass is 10.1. The largest absolute Gasteiger partial charge is 0.369 e. The minimum absolute atomic E-state index is 0.377. The van der Waals surface area contributed by atoms with Crippen molar-refractivity contribution in [2.24, 2.45) is 5.73 Å². The first-order chi connectivity index (χ1) is 10.3. The highest BCUT2D eigenvalue weighted by molar-refractivity contribution is 7.12. The Morgan fingerprint density at radius 2 is 1.76 bits per heavy atom. The van der Waals surface area contributed by atoms with Crippen molar-refractivity contribution in [1.82, 2.24) is 4.90 Å². The third-order valence-electron chi connectivity index (χ3n) is 4.19. The van der Waals surface area contributed by atoms with Gasteiger partial charge in [-0.1, -0.05) is 18.2 Å². The van der Waals surface area contributed by atoms with Crippen LogP contribution in [0.3, 0.4) is 0 Å². The minimum atomic E-state index is 0.377. The summed E-state index contributed by atoms with van der Waals surface area (Å²) < 4.78 is 0. The SMILES string of the molecule is Cc1ccc(C(CN)N2CCN(c3ccccc3)CC2)s1. The van der Waals surface area contributed by atoms with E-state index in [1.165, 1.54) is 15.4 Å². The van der Waals surface area contributed by atoms with E-state index in [9.17, 15) is 0 Å². The van der Waals surface area contributed by atoms with E-state index in [0.29, 0.717) is 12.6 Å². The number of hydrogen-bond acceptors (Lipinski definition) is 4. The van der Waals surface area contributed by atoms with Gasteiger partial charge in [-0.25, -0.2) is 0 Å². The van der Waals surface area contributed by atoms with Crippen molar-refractivity contribution in [3.63, 3.8) is 0 Å². The monoisotopic (exact) mass is 301 g/mol. The van der Waals surface area contributed by atoms with Crippen LogP contribution in [-0.2, 0) is 0 Å². The number of benzene rings is 1. The van der Waals surface area contributed by atoms with E-state index < -0.39 is 0 Å². The van der Waals surface area contributed by atoms with Gasteiger partial charge in [-0.15, -0.1) is 11.3 Å². The molecule has 4 heteroatoms. The van der Waals surface area contributed by atoms with Crippen molar-refractivity contribution in [2.75, 3.05) is 37.6 Å². The molecular weight excluding hydrogens is 278 g/mol. The fourth-order valence-electron chi connectivity index (χ4n) is 3.01.